The fourth-order valence-electron chi connectivity index (χ4n) is 4.77. The maximum atomic E-state index is 14.3. The normalized spacial score (nSPS) is 29.4. The van der Waals surface area contributed by atoms with Crippen molar-refractivity contribution >= 4 is 0 Å². The van der Waals surface area contributed by atoms with Crippen LogP contribution in [0.2, 0.25) is 0 Å². The lowest BCUT2D eigenvalue weighted by molar-refractivity contribution is 0.133. The molecule has 4 atom stereocenters. The Morgan fingerprint density at radius 2 is 1.96 bits per heavy atom. The maximum absolute atomic E-state index is 14.3. The van der Waals surface area contributed by atoms with E-state index in [1.54, 1.807) is 18.2 Å². The highest BCUT2D eigenvalue weighted by atomic mass is 19.1. The van der Waals surface area contributed by atoms with Crippen LogP contribution < -0.4 is 4.74 Å². The van der Waals surface area contributed by atoms with Gasteiger partial charge in [-0.05, 0) is 86.3 Å². The van der Waals surface area contributed by atoms with E-state index in [0.717, 1.165) is 29.7 Å². The molecular weight excluding hydrogens is 311 g/mol. The van der Waals surface area contributed by atoms with E-state index in [-0.39, 0.29) is 5.82 Å². The van der Waals surface area contributed by atoms with E-state index in [1.807, 2.05) is 0 Å². The van der Waals surface area contributed by atoms with E-state index < -0.39 is 0 Å². The van der Waals surface area contributed by atoms with Crippen LogP contribution in [-0.2, 0) is 0 Å². The molecule has 136 valence electrons. The molecule has 0 aromatic heterocycles. The molecule has 3 rings (SSSR count). The number of halogens is 1. The predicted molar refractivity (Wildman–Crippen MR) is 102 cm³/mol. The van der Waals surface area contributed by atoms with Gasteiger partial charge in [-0.3, -0.25) is 0 Å². The van der Waals surface area contributed by atoms with Gasteiger partial charge in [0.1, 0.15) is 6.61 Å². The van der Waals surface area contributed by atoms with Gasteiger partial charge in [0.25, 0.3) is 0 Å². The summed E-state index contributed by atoms with van der Waals surface area (Å²) in [6.07, 6.45) is 15.3. The summed E-state index contributed by atoms with van der Waals surface area (Å²) in [5.74, 6) is 3.08. The molecule has 2 heteroatoms. The SMILES string of the molecule is C=CCOc1ccc(C2CCC3CC(C=CCC)CCC3C2)cc1F. The average Bonchev–Trinajstić information content (AvgIpc) is 2.64. The third-order valence-electron chi connectivity index (χ3n) is 6.08. The molecule has 25 heavy (non-hydrogen) atoms. The van der Waals surface area contributed by atoms with Crippen molar-refractivity contribution in [1.82, 2.24) is 0 Å². The first kappa shape index (κ1) is 18.2. The summed E-state index contributed by atoms with van der Waals surface area (Å²) in [6, 6.07) is 5.54. The second kappa shape index (κ2) is 8.69. The molecule has 0 aliphatic heterocycles. The summed E-state index contributed by atoms with van der Waals surface area (Å²) in [5, 5.41) is 0. The Hall–Kier alpha value is -1.57. The lowest BCUT2D eigenvalue weighted by atomic mass is 9.64. The zero-order chi connectivity index (χ0) is 17.6. The Morgan fingerprint density at radius 3 is 2.72 bits per heavy atom. The van der Waals surface area contributed by atoms with Crippen molar-refractivity contribution < 1.29 is 9.13 Å². The van der Waals surface area contributed by atoms with Crippen molar-refractivity contribution in [2.45, 2.75) is 57.8 Å². The van der Waals surface area contributed by atoms with E-state index in [4.69, 9.17) is 4.74 Å². The molecule has 0 saturated heterocycles. The highest BCUT2D eigenvalue weighted by Crippen LogP contribution is 2.48. The van der Waals surface area contributed by atoms with Crippen LogP contribution in [0.4, 0.5) is 4.39 Å². The van der Waals surface area contributed by atoms with Gasteiger partial charge >= 0.3 is 0 Å². The van der Waals surface area contributed by atoms with Gasteiger partial charge in [0.15, 0.2) is 11.6 Å². The first-order valence-electron chi connectivity index (χ1n) is 9.91. The van der Waals surface area contributed by atoms with E-state index in [9.17, 15) is 4.39 Å². The van der Waals surface area contributed by atoms with E-state index >= 15 is 0 Å². The molecule has 0 radical (unpaired) electrons. The van der Waals surface area contributed by atoms with Crippen LogP contribution in [0.15, 0.2) is 43.0 Å². The standard InChI is InChI=1S/C23H31FO/c1-3-5-6-17-7-8-19-15-20(10-9-18(19)14-17)21-11-12-23(22(24)16-21)25-13-4-2/h4-6,11-12,16-20H,2-3,7-10,13-15H2,1H3. The van der Waals surface area contributed by atoms with Gasteiger partial charge in [0.2, 0.25) is 0 Å². The van der Waals surface area contributed by atoms with E-state index in [0.29, 0.717) is 18.3 Å². The number of benzene rings is 1. The minimum absolute atomic E-state index is 0.241. The van der Waals surface area contributed by atoms with Crippen LogP contribution in [0.1, 0.15) is 63.4 Å². The highest BCUT2D eigenvalue weighted by molar-refractivity contribution is 5.32. The zero-order valence-corrected chi connectivity index (χ0v) is 15.4. The molecule has 0 N–H and O–H groups in total. The number of hydrogen-bond acceptors (Lipinski definition) is 1. The van der Waals surface area contributed by atoms with Crippen molar-refractivity contribution in [2.75, 3.05) is 6.61 Å². The molecule has 0 spiro atoms. The number of ether oxygens (including phenoxy) is 1. The summed E-state index contributed by atoms with van der Waals surface area (Å²) in [4.78, 5) is 0. The third-order valence-corrected chi connectivity index (χ3v) is 6.08. The van der Waals surface area contributed by atoms with Crippen molar-refractivity contribution in [3.05, 3.63) is 54.4 Å². The number of allylic oxidation sites excluding steroid dienone is 2. The molecule has 0 amide bonds. The second-order valence-electron chi connectivity index (χ2n) is 7.73. The van der Waals surface area contributed by atoms with Crippen molar-refractivity contribution in [3.63, 3.8) is 0 Å². The zero-order valence-electron chi connectivity index (χ0n) is 15.4. The second-order valence-corrected chi connectivity index (χ2v) is 7.73. The fourth-order valence-corrected chi connectivity index (χ4v) is 4.77. The van der Waals surface area contributed by atoms with Gasteiger partial charge < -0.3 is 4.74 Å². The summed E-state index contributed by atoms with van der Waals surface area (Å²) < 4.78 is 19.6. The van der Waals surface area contributed by atoms with Gasteiger partial charge in [-0.1, -0.05) is 37.8 Å². The number of rotatable bonds is 6. The first-order valence-corrected chi connectivity index (χ1v) is 9.91. The molecule has 1 nitrogen and oxygen atoms in total. The molecule has 2 saturated carbocycles. The Labute approximate surface area is 152 Å². The van der Waals surface area contributed by atoms with Crippen molar-refractivity contribution in [3.8, 4) is 5.75 Å². The summed E-state index contributed by atoms with van der Waals surface area (Å²) in [7, 11) is 0. The molecule has 2 aliphatic carbocycles. The Bertz CT molecular complexity index is 606. The summed E-state index contributed by atoms with van der Waals surface area (Å²) >= 11 is 0. The predicted octanol–water partition coefficient (Wildman–Crippen LogP) is 6.66. The number of hydrogen-bond donors (Lipinski definition) is 0. The average molecular weight is 342 g/mol. The van der Waals surface area contributed by atoms with Crippen LogP contribution in [0.5, 0.6) is 5.75 Å². The quantitative estimate of drug-likeness (QED) is 0.525. The van der Waals surface area contributed by atoms with E-state index in [1.165, 1.54) is 38.5 Å². The molecule has 2 aliphatic rings. The third kappa shape index (κ3) is 4.54. The topological polar surface area (TPSA) is 9.23 Å². The van der Waals surface area contributed by atoms with Crippen LogP contribution in [0.25, 0.3) is 0 Å². The summed E-state index contributed by atoms with van der Waals surface area (Å²) in [5.41, 5.74) is 1.15. The maximum Gasteiger partial charge on any atom is 0.165 e. The molecule has 1 aromatic rings. The molecular formula is C23H31FO. The Morgan fingerprint density at radius 1 is 1.16 bits per heavy atom. The van der Waals surface area contributed by atoms with E-state index in [2.05, 4.69) is 31.7 Å². The van der Waals surface area contributed by atoms with Crippen LogP contribution in [-0.4, -0.2) is 6.61 Å². The minimum atomic E-state index is -0.241. The van der Waals surface area contributed by atoms with Gasteiger partial charge in [0, 0.05) is 0 Å². The molecule has 1 aromatic carbocycles. The molecule has 0 heterocycles. The lowest BCUT2D eigenvalue weighted by Gasteiger charge is -2.41. The molecule has 4 unspecified atom stereocenters. The van der Waals surface area contributed by atoms with Crippen LogP contribution in [0, 0.1) is 23.6 Å². The van der Waals surface area contributed by atoms with Gasteiger partial charge in [0.05, 0.1) is 0 Å². The van der Waals surface area contributed by atoms with Gasteiger partial charge in [-0.2, -0.15) is 0 Å². The van der Waals surface area contributed by atoms with Crippen LogP contribution >= 0.6 is 0 Å². The van der Waals surface area contributed by atoms with Gasteiger partial charge in [-0.25, -0.2) is 4.39 Å². The molecule has 0 bridgehead atoms. The first-order chi connectivity index (χ1) is 12.2. The lowest BCUT2D eigenvalue weighted by Crippen LogP contribution is -2.30. The minimum Gasteiger partial charge on any atom is -0.486 e. The monoisotopic (exact) mass is 342 g/mol. The smallest absolute Gasteiger partial charge is 0.165 e. The van der Waals surface area contributed by atoms with Crippen molar-refractivity contribution in [2.24, 2.45) is 17.8 Å². The Kier molecular flexibility index (Phi) is 6.34. The van der Waals surface area contributed by atoms with Gasteiger partial charge in [-0.15, -0.1) is 0 Å². The largest absolute Gasteiger partial charge is 0.486 e. The summed E-state index contributed by atoms with van der Waals surface area (Å²) in [6.45, 7) is 6.16. The molecule has 2 fully saturated rings. The fraction of sp³-hybridized carbons (Fsp3) is 0.565. The number of fused-ring (bicyclic) bond motifs is 1. The van der Waals surface area contributed by atoms with Crippen molar-refractivity contribution in [1.29, 1.82) is 0 Å². The highest BCUT2D eigenvalue weighted by Gasteiger charge is 2.35. The van der Waals surface area contributed by atoms with Crippen LogP contribution in [0.3, 0.4) is 0 Å². The Balaban J connectivity index is 1.61.